The third-order valence-corrected chi connectivity index (χ3v) is 4.54. The third-order valence-electron chi connectivity index (χ3n) is 4.11. The molecule has 1 aromatic carbocycles. The van der Waals surface area contributed by atoms with Crippen LogP contribution in [0.4, 0.5) is 0 Å². The van der Waals surface area contributed by atoms with E-state index < -0.39 is 0 Å². The van der Waals surface area contributed by atoms with Crippen LogP contribution in [0.3, 0.4) is 0 Å². The predicted molar refractivity (Wildman–Crippen MR) is 73.6 cm³/mol. The number of hydrogen-bond donors (Lipinski definition) is 2. The largest absolute Gasteiger partial charge is 0.504 e. The Morgan fingerprint density at radius 1 is 1.50 bits per heavy atom. The molecule has 3 nitrogen and oxygen atoms in total. The fraction of sp³-hybridized carbons (Fsp3) is 0.571. The van der Waals surface area contributed by atoms with Crippen LogP contribution in [-0.2, 0) is 11.8 Å². The molecule has 4 heteroatoms. The Bertz CT molecular complexity index is 422. The van der Waals surface area contributed by atoms with E-state index in [4.69, 9.17) is 22.1 Å². The van der Waals surface area contributed by atoms with Gasteiger partial charge in [0.05, 0.1) is 12.1 Å². The van der Waals surface area contributed by atoms with Gasteiger partial charge in [0.1, 0.15) is 0 Å². The molecule has 1 aliphatic carbocycles. The number of methoxy groups -OCH3 is 1. The van der Waals surface area contributed by atoms with Gasteiger partial charge >= 0.3 is 0 Å². The van der Waals surface area contributed by atoms with Crippen LogP contribution in [0.5, 0.6) is 11.5 Å². The van der Waals surface area contributed by atoms with E-state index >= 15 is 0 Å². The number of phenolic OH excluding ortho intramolecular Hbond substituents is 1. The maximum Gasteiger partial charge on any atom is 0.163 e. The van der Waals surface area contributed by atoms with Gasteiger partial charge in [0.25, 0.3) is 0 Å². The first-order valence-electron chi connectivity index (χ1n) is 6.38. The second-order valence-electron chi connectivity index (χ2n) is 4.97. The molecule has 0 aliphatic heterocycles. The summed E-state index contributed by atoms with van der Waals surface area (Å²) >= 11 is 6.45. The van der Waals surface area contributed by atoms with Crippen LogP contribution in [0.2, 0.25) is 5.02 Å². The van der Waals surface area contributed by atoms with Gasteiger partial charge in [-0.05, 0) is 30.9 Å². The second kappa shape index (κ2) is 4.98. The number of nitrogens with two attached hydrogens (primary N) is 1. The Balaban J connectivity index is 2.64. The van der Waals surface area contributed by atoms with Crippen molar-refractivity contribution in [2.45, 2.75) is 38.0 Å². The average molecular weight is 270 g/mol. The van der Waals surface area contributed by atoms with Gasteiger partial charge in [-0.15, -0.1) is 0 Å². The van der Waals surface area contributed by atoms with Crippen molar-refractivity contribution >= 4 is 11.6 Å². The van der Waals surface area contributed by atoms with E-state index in [1.807, 2.05) is 13.0 Å². The van der Waals surface area contributed by atoms with E-state index in [1.54, 1.807) is 7.11 Å². The summed E-state index contributed by atoms with van der Waals surface area (Å²) in [6.07, 6.45) is 3.90. The van der Waals surface area contributed by atoms with Crippen molar-refractivity contribution in [1.29, 1.82) is 0 Å². The highest BCUT2D eigenvalue weighted by Gasteiger charge is 2.42. The maximum atomic E-state index is 10.4. The lowest BCUT2D eigenvalue weighted by Gasteiger charge is -2.42. The summed E-state index contributed by atoms with van der Waals surface area (Å²) in [7, 11) is 1.56. The van der Waals surface area contributed by atoms with Gasteiger partial charge in [-0.1, -0.05) is 24.9 Å². The van der Waals surface area contributed by atoms with Crippen LogP contribution < -0.4 is 10.5 Å². The molecular weight excluding hydrogens is 250 g/mol. The summed E-state index contributed by atoms with van der Waals surface area (Å²) in [6.45, 7) is 2.55. The lowest BCUT2D eigenvalue weighted by Crippen LogP contribution is -2.42. The van der Waals surface area contributed by atoms with E-state index in [9.17, 15) is 5.11 Å². The molecule has 1 aliphatic rings. The molecule has 0 bridgehead atoms. The first kappa shape index (κ1) is 13.5. The molecule has 3 N–H and O–H groups in total. The summed E-state index contributed by atoms with van der Waals surface area (Å²) in [4.78, 5) is 0. The number of aromatic hydroxyl groups is 1. The molecule has 0 spiro atoms. The summed E-state index contributed by atoms with van der Waals surface area (Å²) in [6, 6.07) is 1.81. The highest BCUT2D eigenvalue weighted by Crippen LogP contribution is 2.52. The number of benzene rings is 1. The molecule has 100 valence electrons. The molecule has 0 heterocycles. The van der Waals surface area contributed by atoms with E-state index in [1.165, 1.54) is 0 Å². The van der Waals surface area contributed by atoms with Gasteiger partial charge in [-0.2, -0.15) is 0 Å². The zero-order chi connectivity index (χ0) is 13.3. The van der Waals surface area contributed by atoms with Gasteiger partial charge in [-0.3, -0.25) is 0 Å². The summed E-state index contributed by atoms with van der Waals surface area (Å²) < 4.78 is 5.24. The van der Waals surface area contributed by atoms with E-state index in [0.717, 1.165) is 36.8 Å². The predicted octanol–water partition coefficient (Wildman–Crippen LogP) is 3.00. The number of hydrogen-bond acceptors (Lipinski definition) is 3. The molecule has 0 radical (unpaired) electrons. The van der Waals surface area contributed by atoms with Gasteiger partial charge in [0.15, 0.2) is 11.5 Å². The Morgan fingerprint density at radius 2 is 2.17 bits per heavy atom. The molecule has 1 saturated carbocycles. The minimum Gasteiger partial charge on any atom is -0.504 e. The first-order valence-corrected chi connectivity index (χ1v) is 6.76. The zero-order valence-electron chi connectivity index (χ0n) is 10.9. The number of aryl methyl sites for hydroxylation is 1. The maximum absolute atomic E-state index is 10.4. The molecular formula is C14H20ClNO2. The highest BCUT2D eigenvalue weighted by molar-refractivity contribution is 6.32. The number of halogens is 1. The minimum atomic E-state index is -0.167. The molecule has 0 saturated heterocycles. The molecule has 0 amide bonds. The Hall–Kier alpha value is -0.930. The summed E-state index contributed by atoms with van der Waals surface area (Å²) in [5.74, 6) is 0.649. The van der Waals surface area contributed by atoms with E-state index in [-0.39, 0.29) is 11.2 Å². The monoisotopic (exact) mass is 269 g/mol. The van der Waals surface area contributed by atoms with Gasteiger partial charge < -0.3 is 15.6 Å². The zero-order valence-corrected chi connectivity index (χ0v) is 11.7. The topological polar surface area (TPSA) is 55.5 Å². The number of phenols is 1. The van der Waals surface area contributed by atoms with Crippen molar-refractivity contribution in [2.24, 2.45) is 5.73 Å². The van der Waals surface area contributed by atoms with E-state index in [2.05, 4.69) is 0 Å². The van der Waals surface area contributed by atoms with Crippen molar-refractivity contribution in [2.75, 3.05) is 13.7 Å². The van der Waals surface area contributed by atoms with Crippen molar-refractivity contribution < 1.29 is 9.84 Å². The van der Waals surface area contributed by atoms with Crippen LogP contribution in [-0.4, -0.2) is 18.8 Å². The highest BCUT2D eigenvalue weighted by atomic mass is 35.5. The van der Waals surface area contributed by atoms with Crippen LogP contribution in [0.1, 0.15) is 37.3 Å². The summed E-state index contributed by atoms with van der Waals surface area (Å²) in [5.41, 5.74) is 7.53. The van der Waals surface area contributed by atoms with Gasteiger partial charge in [0, 0.05) is 17.5 Å². The van der Waals surface area contributed by atoms with E-state index in [0.29, 0.717) is 17.3 Å². The lowest BCUT2D eigenvalue weighted by atomic mass is 9.64. The van der Waals surface area contributed by atoms with Crippen LogP contribution in [0.15, 0.2) is 6.07 Å². The lowest BCUT2D eigenvalue weighted by molar-refractivity contribution is 0.242. The molecule has 0 aromatic heterocycles. The van der Waals surface area contributed by atoms with Crippen molar-refractivity contribution in [3.63, 3.8) is 0 Å². The molecule has 1 aromatic rings. The SMILES string of the molecule is CCc1cc(OC)c(O)c(C2(CN)CCC2)c1Cl. The fourth-order valence-electron chi connectivity index (χ4n) is 2.73. The second-order valence-corrected chi connectivity index (χ2v) is 5.35. The smallest absolute Gasteiger partial charge is 0.163 e. The number of ether oxygens (including phenoxy) is 1. The van der Waals surface area contributed by atoms with Gasteiger partial charge in [-0.25, -0.2) is 0 Å². The Labute approximate surface area is 113 Å². The van der Waals surface area contributed by atoms with Crippen molar-refractivity contribution in [1.82, 2.24) is 0 Å². The normalized spacial score (nSPS) is 17.3. The minimum absolute atomic E-state index is 0.157. The average Bonchev–Trinajstić information content (AvgIpc) is 2.33. The molecule has 0 unspecified atom stereocenters. The molecule has 0 atom stereocenters. The van der Waals surface area contributed by atoms with Crippen LogP contribution in [0.25, 0.3) is 0 Å². The van der Waals surface area contributed by atoms with Crippen LogP contribution >= 0.6 is 11.6 Å². The first-order chi connectivity index (χ1) is 8.59. The standard InChI is InChI=1S/C14H20ClNO2/c1-3-9-7-10(18-2)13(17)11(12(9)15)14(8-16)5-4-6-14/h7,17H,3-6,8,16H2,1-2H3. The van der Waals surface area contributed by atoms with Crippen LogP contribution in [0, 0.1) is 0 Å². The van der Waals surface area contributed by atoms with Gasteiger partial charge in [0.2, 0.25) is 0 Å². The Kier molecular flexibility index (Phi) is 3.74. The third kappa shape index (κ3) is 1.86. The molecule has 2 rings (SSSR count). The van der Waals surface area contributed by atoms with Crippen molar-refractivity contribution in [3.05, 3.63) is 22.2 Å². The quantitative estimate of drug-likeness (QED) is 0.883. The molecule has 18 heavy (non-hydrogen) atoms. The van der Waals surface area contributed by atoms with Crippen molar-refractivity contribution in [3.8, 4) is 11.5 Å². The fourth-order valence-corrected chi connectivity index (χ4v) is 3.21. The summed E-state index contributed by atoms with van der Waals surface area (Å²) in [5, 5.41) is 11.0. The number of rotatable bonds is 4. The molecule has 1 fully saturated rings. The Morgan fingerprint density at radius 3 is 2.56 bits per heavy atom.